The lowest BCUT2D eigenvalue weighted by Crippen LogP contribution is -2.22. The minimum atomic E-state index is -0.490. The molecule has 0 fully saturated rings. The third-order valence-corrected chi connectivity index (χ3v) is 4.10. The van der Waals surface area contributed by atoms with Gasteiger partial charge >= 0.3 is 0 Å². The minimum absolute atomic E-state index is 0.490. The summed E-state index contributed by atoms with van der Waals surface area (Å²) < 4.78 is 0. The van der Waals surface area contributed by atoms with Crippen molar-refractivity contribution in [1.29, 1.82) is 0 Å². The predicted octanol–water partition coefficient (Wildman–Crippen LogP) is 3.14. The van der Waals surface area contributed by atoms with Crippen LogP contribution in [-0.4, -0.2) is 17.7 Å². The van der Waals surface area contributed by atoms with Crippen LogP contribution in [0.3, 0.4) is 0 Å². The molecule has 0 unspecified atom stereocenters. The van der Waals surface area contributed by atoms with Crippen molar-refractivity contribution in [1.82, 2.24) is 5.48 Å². The van der Waals surface area contributed by atoms with Crippen LogP contribution in [0.15, 0.2) is 40.3 Å². The minimum Gasteiger partial charge on any atom is -0.335 e. The Morgan fingerprint density at radius 1 is 1.42 bits per heavy atom. The van der Waals surface area contributed by atoms with Crippen LogP contribution in [0.5, 0.6) is 0 Å². The van der Waals surface area contributed by atoms with Gasteiger partial charge in [0.2, 0.25) is 0 Å². The first kappa shape index (κ1) is 14.0. The van der Waals surface area contributed by atoms with Gasteiger partial charge < -0.3 is 4.90 Å². The highest BCUT2D eigenvalue weighted by molar-refractivity contribution is 8.03. The van der Waals surface area contributed by atoms with Gasteiger partial charge in [-0.1, -0.05) is 43.7 Å². The Hall–Kier alpha value is -1.46. The first-order valence-electron chi connectivity index (χ1n) is 6.46. The molecular formula is C14H18N2O2S. The number of nitrogens with one attached hydrogen (secondary N) is 1. The fourth-order valence-corrected chi connectivity index (χ4v) is 3.18. The number of unbranched alkanes of at least 4 members (excludes halogenated alkanes) is 2. The highest BCUT2D eigenvalue weighted by atomic mass is 32.2. The second-order valence-corrected chi connectivity index (χ2v) is 5.45. The lowest BCUT2D eigenvalue weighted by molar-refractivity contribution is -0.124. The van der Waals surface area contributed by atoms with Crippen molar-refractivity contribution >= 4 is 23.4 Å². The Morgan fingerprint density at radius 3 is 2.95 bits per heavy atom. The van der Waals surface area contributed by atoms with Crippen molar-refractivity contribution in [2.75, 3.05) is 11.4 Å². The van der Waals surface area contributed by atoms with E-state index >= 15 is 0 Å². The van der Waals surface area contributed by atoms with E-state index in [2.05, 4.69) is 17.9 Å². The fraction of sp³-hybridized carbons (Fsp3) is 0.357. The number of carbonyl (C=O) groups excluding carboxylic acids is 1. The van der Waals surface area contributed by atoms with Gasteiger partial charge in [-0.05, 0) is 18.6 Å². The number of hydroxylamine groups is 1. The van der Waals surface area contributed by atoms with Gasteiger partial charge in [-0.3, -0.25) is 10.0 Å². The van der Waals surface area contributed by atoms with Gasteiger partial charge in [0.1, 0.15) is 0 Å². The van der Waals surface area contributed by atoms with E-state index in [9.17, 15) is 4.79 Å². The Balaban J connectivity index is 2.20. The van der Waals surface area contributed by atoms with Crippen LogP contribution < -0.4 is 10.4 Å². The summed E-state index contributed by atoms with van der Waals surface area (Å²) in [7, 11) is 0. The summed E-state index contributed by atoms with van der Waals surface area (Å²) in [5.41, 5.74) is 2.79. The van der Waals surface area contributed by atoms with Gasteiger partial charge in [0.05, 0.1) is 10.7 Å². The molecule has 0 atom stereocenters. The molecule has 5 heteroatoms. The Kier molecular flexibility index (Phi) is 4.87. The molecule has 0 saturated heterocycles. The summed E-state index contributed by atoms with van der Waals surface area (Å²) in [6.45, 7) is 3.06. The largest absolute Gasteiger partial charge is 0.335 e. The number of thioether (sulfide) groups is 1. The van der Waals surface area contributed by atoms with Crippen LogP contribution in [-0.2, 0) is 4.79 Å². The van der Waals surface area contributed by atoms with Crippen LogP contribution in [0.1, 0.15) is 26.2 Å². The number of carbonyl (C=O) groups is 1. The maximum Gasteiger partial charge on any atom is 0.269 e. The lowest BCUT2D eigenvalue weighted by atomic mass is 10.2. The number of benzene rings is 1. The number of rotatable bonds is 5. The van der Waals surface area contributed by atoms with Crippen LogP contribution in [0.2, 0.25) is 0 Å². The van der Waals surface area contributed by atoms with Crippen molar-refractivity contribution in [3.05, 3.63) is 35.4 Å². The normalized spacial score (nSPS) is 15.7. The molecule has 1 aromatic rings. The van der Waals surface area contributed by atoms with E-state index in [1.807, 2.05) is 18.2 Å². The summed E-state index contributed by atoms with van der Waals surface area (Å²) in [5.74, 6) is -0.490. The van der Waals surface area contributed by atoms with Gasteiger partial charge in [0, 0.05) is 17.5 Å². The van der Waals surface area contributed by atoms with E-state index in [4.69, 9.17) is 5.21 Å². The molecule has 1 aromatic carbocycles. The summed E-state index contributed by atoms with van der Waals surface area (Å²) in [4.78, 5) is 14.6. The average molecular weight is 278 g/mol. The number of amides is 1. The van der Waals surface area contributed by atoms with Crippen LogP contribution in [0.4, 0.5) is 5.69 Å². The molecule has 4 nitrogen and oxygen atoms in total. The third kappa shape index (κ3) is 3.30. The molecule has 0 radical (unpaired) electrons. The van der Waals surface area contributed by atoms with Crippen molar-refractivity contribution in [3.63, 3.8) is 0 Å². The van der Waals surface area contributed by atoms with Gasteiger partial charge in [0.25, 0.3) is 5.91 Å². The maximum atomic E-state index is 11.3. The summed E-state index contributed by atoms with van der Waals surface area (Å²) in [6.07, 6.45) is 4.86. The zero-order valence-electron chi connectivity index (χ0n) is 10.9. The van der Waals surface area contributed by atoms with Crippen LogP contribution >= 0.6 is 11.8 Å². The molecule has 0 bridgehead atoms. The molecule has 19 heavy (non-hydrogen) atoms. The van der Waals surface area contributed by atoms with Crippen LogP contribution in [0.25, 0.3) is 0 Å². The fourth-order valence-electron chi connectivity index (χ4n) is 2.06. The first-order valence-corrected chi connectivity index (χ1v) is 7.28. The lowest BCUT2D eigenvalue weighted by Gasteiger charge is -2.20. The Morgan fingerprint density at radius 2 is 2.21 bits per heavy atom. The second-order valence-electron chi connectivity index (χ2n) is 4.39. The third-order valence-electron chi connectivity index (χ3n) is 2.99. The molecule has 0 saturated carbocycles. The van der Waals surface area contributed by atoms with Gasteiger partial charge in [0.15, 0.2) is 0 Å². The number of nitrogens with zero attached hydrogens (tertiary/aromatic N) is 1. The summed E-state index contributed by atoms with van der Waals surface area (Å²) >= 11 is 1.56. The van der Waals surface area contributed by atoms with Crippen molar-refractivity contribution in [3.8, 4) is 0 Å². The summed E-state index contributed by atoms with van der Waals surface area (Å²) in [6, 6.07) is 8.10. The number of hydrogen-bond donors (Lipinski definition) is 2. The van der Waals surface area contributed by atoms with E-state index in [-0.39, 0.29) is 0 Å². The molecule has 1 aliphatic rings. The summed E-state index contributed by atoms with van der Waals surface area (Å²) in [5, 5.41) is 9.51. The van der Waals surface area contributed by atoms with E-state index in [0.717, 1.165) is 28.6 Å². The Bertz CT molecular complexity index is 488. The van der Waals surface area contributed by atoms with Gasteiger partial charge in [-0.15, -0.1) is 0 Å². The number of fused-ring (bicyclic) bond motifs is 1. The first-order chi connectivity index (χ1) is 9.26. The topological polar surface area (TPSA) is 52.6 Å². The van der Waals surface area contributed by atoms with Crippen molar-refractivity contribution in [2.45, 2.75) is 31.1 Å². The van der Waals surface area contributed by atoms with E-state index in [0.29, 0.717) is 0 Å². The van der Waals surface area contributed by atoms with Gasteiger partial charge in [-0.25, -0.2) is 5.48 Å². The molecule has 0 spiro atoms. The maximum absolute atomic E-state index is 11.3. The monoisotopic (exact) mass is 278 g/mol. The number of hydrogen-bond acceptors (Lipinski definition) is 4. The molecule has 1 aliphatic heterocycles. The zero-order valence-corrected chi connectivity index (χ0v) is 11.7. The molecule has 0 aliphatic carbocycles. The second kappa shape index (κ2) is 6.63. The molecule has 0 aromatic heterocycles. The molecule has 2 N–H and O–H groups in total. The molecule has 1 heterocycles. The van der Waals surface area contributed by atoms with Crippen molar-refractivity contribution < 1.29 is 10.0 Å². The highest BCUT2D eigenvalue weighted by Gasteiger charge is 2.24. The average Bonchev–Trinajstić information content (AvgIpc) is 2.77. The standard InChI is InChI=1S/C14H18N2O2S/c1-2-3-6-9-16-11-7-4-5-8-12(11)19-14(16)10-13(17)15-18/h4-5,7-8,10,18H,2-3,6,9H2,1H3,(H,15,17)/b14-10-. The van der Waals surface area contributed by atoms with Crippen LogP contribution in [0, 0.1) is 0 Å². The quantitative estimate of drug-likeness (QED) is 0.376. The van der Waals surface area contributed by atoms with E-state index < -0.39 is 5.91 Å². The van der Waals surface area contributed by atoms with Gasteiger partial charge in [-0.2, -0.15) is 0 Å². The zero-order chi connectivity index (χ0) is 13.7. The predicted molar refractivity (Wildman–Crippen MR) is 77.2 cm³/mol. The number of para-hydroxylation sites is 1. The number of anilines is 1. The molecule has 1 amide bonds. The SMILES string of the molecule is CCCCCN1/C(=C/C(=O)NO)Sc2ccccc21. The molecule has 102 valence electrons. The van der Waals surface area contributed by atoms with E-state index in [1.165, 1.54) is 18.9 Å². The van der Waals surface area contributed by atoms with E-state index in [1.54, 1.807) is 17.2 Å². The Labute approximate surface area is 117 Å². The molecule has 2 rings (SSSR count). The highest BCUT2D eigenvalue weighted by Crippen LogP contribution is 2.45. The smallest absolute Gasteiger partial charge is 0.269 e. The molecular weight excluding hydrogens is 260 g/mol. The van der Waals surface area contributed by atoms with Crippen molar-refractivity contribution in [2.24, 2.45) is 0 Å².